The molecule has 0 atom stereocenters. The van der Waals surface area contributed by atoms with Gasteiger partial charge in [-0.2, -0.15) is 5.10 Å². The van der Waals surface area contributed by atoms with E-state index in [2.05, 4.69) is 60.8 Å². The minimum Gasteiger partial charge on any atom is -0.310 e. The van der Waals surface area contributed by atoms with Crippen LogP contribution in [0.15, 0.2) is 4.47 Å². The largest absolute Gasteiger partial charge is 0.310 e. The van der Waals surface area contributed by atoms with Crippen molar-refractivity contribution in [2.45, 2.75) is 33.4 Å². The monoisotopic (exact) mass is 337 g/mol. The average molecular weight is 339 g/mol. The molecule has 0 unspecified atom stereocenters. The summed E-state index contributed by atoms with van der Waals surface area (Å²) < 4.78 is 3.22. The first-order valence-electron chi connectivity index (χ1n) is 5.25. The van der Waals surface area contributed by atoms with Crippen molar-refractivity contribution in [3.63, 3.8) is 0 Å². The lowest BCUT2D eigenvalue weighted by molar-refractivity contribution is 0.585. The van der Waals surface area contributed by atoms with E-state index in [0.717, 1.165) is 41.6 Å². The van der Waals surface area contributed by atoms with Crippen LogP contribution in [0.1, 0.15) is 25.2 Å². The Hall–Kier alpha value is 0.130. The number of nitrogens with one attached hydrogen (secondary N) is 1. The van der Waals surface area contributed by atoms with Crippen LogP contribution in [0.25, 0.3) is 0 Å². The van der Waals surface area contributed by atoms with Gasteiger partial charge < -0.3 is 5.32 Å². The van der Waals surface area contributed by atoms with Gasteiger partial charge in [-0.15, -0.1) is 0 Å². The minimum atomic E-state index is 0.868. The van der Waals surface area contributed by atoms with Crippen LogP contribution in [0.5, 0.6) is 0 Å². The van der Waals surface area contributed by atoms with Crippen LogP contribution in [0.3, 0.4) is 0 Å². The summed E-state index contributed by atoms with van der Waals surface area (Å²) in [5, 5.41) is 8.89. The van der Waals surface area contributed by atoms with Crippen molar-refractivity contribution in [3.8, 4) is 0 Å². The Balaban J connectivity index is 2.78. The van der Waals surface area contributed by atoms with Gasteiger partial charge in [0, 0.05) is 25.0 Å². The molecule has 0 fully saturated rings. The van der Waals surface area contributed by atoms with Gasteiger partial charge in [0.05, 0.1) is 15.9 Å². The van der Waals surface area contributed by atoms with E-state index in [0.29, 0.717) is 0 Å². The van der Waals surface area contributed by atoms with E-state index in [1.807, 2.05) is 0 Å². The van der Waals surface area contributed by atoms with Gasteiger partial charge in [-0.3, -0.25) is 4.68 Å². The molecule has 1 rings (SSSR count). The maximum Gasteiger partial charge on any atom is 0.0767 e. The molecule has 0 aliphatic heterocycles. The zero-order valence-corrected chi connectivity index (χ0v) is 12.4. The van der Waals surface area contributed by atoms with Crippen molar-refractivity contribution in [1.82, 2.24) is 15.1 Å². The second-order valence-electron chi connectivity index (χ2n) is 3.24. The van der Waals surface area contributed by atoms with E-state index < -0.39 is 0 Å². The Morgan fingerprint density at radius 2 is 2.13 bits per heavy atom. The molecular weight excluding hydrogens is 322 g/mol. The van der Waals surface area contributed by atoms with Crippen molar-refractivity contribution in [1.29, 1.82) is 0 Å². The van der Waals surface area contributed by atoms with Crippen LogP contribution in [0.2, 0.25) is 0 Å². The number of hydrogen-bond acceptors (Lipinski definition) is 2. The fourth-order valence-corrected chi connectivity index (χ4v) is 2.44. The van der Waals surface area contributed by atoms with Gasteiger partial charge in [0.15, 0.2) is 0 Å². The van der Waals surface area contributed by atoms with E-state index in [9.17, 15) is 0 Å². The van der Waals surface area contributed by atoms with Gasteiger partial charge >= 0.3 is 0 Å². The summed E-state index contributed by atoms with van der Waals surface area (Å²) in [5.41, 5.74) is 2.39. The summed E-state index contributed by atoms with van der Waals surface area (Å²) >= 11 is 7.02. The number of halogens is 2. The fourth-order valence-electron chi connectivity index (χ4n) is 1.46. The third-order valence-corrected chi connectivity index (χ3v) is 3.57. The Morgan fingerprint density at radius 1 is 1.40 bits per heavy atom. The normalized spacial score (nSPS) is 10.9. The first-order chi connectivity index (χ1) is 7.24. The van der Waals surface area contributed by atoms with E-state index in [4.69, 9.17) is 0 Å². The molecule has 0 radical (unpaired) electrons. The molecule has 0 aliphatic carbocycles. The highest BCUT2D eigenvalue weighted by Gasteiger charge is 2.12. The van der Waals surface area contributed by atoms with Crippen molar-refractivity contribution < 1.29 is 0 Å². The van der Waals surface area contributed by atoms with Crippen LogP contribution in [0.4, 0.5) is 0 Å². The van der Waals surface area contributed by atoms with Gasteiger partial charge in [0.25, 0.3) is 0 Å². The zero-order chi connectivity index (χ0) is 11.3. The SMILES string of the molecule is CCc1nn(CC)c(CNCCBr)c1Br. The third-order valence-electron chi connectivity index (χ3n) is 2.26. The molecule has 0 aliphatic rings. The molecule has 1 heterocycles. The van der Waals surface area contributed by atoms with E-state index in [1.54, 1.807) is 0 Å². The summed E-state index contributed by atoms with van der Waals surface area (Å²) in [4.78, 5) is 0. The predicted octanol–water partition coefficient (Wildman–Crippen LogP) is 2.71. The molecule has 5 heteroatoms. The molecule has 0 saturated carbocycles. The van der Waals surface area contributed by atoms with E-state index in [-0.39, 0.29) is 0 Å². The molecule has 0 aromatic carbocycles. The van der Waals surface area contributed by atoms with Crippen LogP contribution >= 0.6 is 31.9 Å². The Morgan fingerprint density at radius 3 is 2.67 bits per heavy atom. The van der Waals surface area contributed by atoms with Crippen molar-refractivity contribution in [2.75, 3.05) is 11.9 Å². The third kappa shape index (κ3) is 3.29. The predicted molar refractivity (Wildman–Crippen MR) is 70.5 cm³/mol. The number of nitrogens with zero attached hydrogens (tertiary/aromatic N) is 2. The second-order valence-corrected chi connectivity index (χ2v) is 4.83. The topological polar surface area (TPSA) is 29.9 Å². The molecule has 0 saturated heterocycles. The highest BCUT2D eigenvalue weighted by Crippen LogP contribution is 2.22. The number of hydrogen-bond donors (Lipinski definition) is 1. The number of aromatic nitrogens is 2. The van der Waals surface area contributed by atoms with Crippen molar-refractivity contribution >= 4 is 31.9 Å². The molecule has 1 N–H and O–H groups in total. The van der Waals surface area contributed by atoms with Crippen LogP contribution in [0, 0.1) is 0 Å². The molecule has 0 bridgehead atoms. The Bertz CT molecular complexity index is 310. The number of alkyl halides is 1. The molecule has 0 amide bonds. The summed E-state index contributed by atoms with van der Waals surface area (Å²) in [6, 6.07) is 0. The average Bonchev–Trinajstić information content (AvgIpc) is 2.56. The maximum absolute atomic E-state index is 4.54. The molecule has 86 valence electrons. The highest BCUT2D eigenvalue weighted by atomic mass is 79.9. The lowest BCUT2D eigenvalue weighted by Gasteiger charge is -2.05. The molecule has 1 aromatic heterocycles. The van der Waals surface area contributed by atoms with Gasteiger partial charge in [-0.1, -0.05) is 22.9 Å². The fraction of sp³-hybridized carbons (Fsp3) is 0.700. The first kappa shape index (κ1) is 13.2. The molecule has 3 nitrogen and oxygen atoms in total. The molecular formula is C10H17Br2N3. The van der Waals surface area contributed by atoms with Crippen molar-refractivity contribution in [3.05, 3.63) is 15.9 Å². The van der Waals surface area contributed by atoms with Gasteiger partial charge in [0.2, 0.25) is 0 Å². The zero-order valence-electron chi connectivity index (χ0n) is 9.19. The Kier molecular flexibility index (Phi) is 5.86. The number of rotatable bonds is 6. The van der Waals surface area contributed by atoms with Gasteiger partial charge in [-0.05, 0) is 29.3 Å². The standard InChI is InChI=1S/C10H17Br2N3/c1-3-8-10(12)9(7-13-6-5-11)15(4-2)14-8/h13H,3-7H2,1-2H3. The van der Waals surface area contributed by atoms with Crippen LogP contribution in [-0.4, -0.2) is 21.7 Å². The maximum atomic E-state index is 4.54. The van der Waals surface area contributed by atoms with E-state index in [1.165, 1.54) is 5.69 Å². The first-order valence-corrected chi connectivity index (χ1v) is 7.16. The minimum absolute atomic E-state index is 0.868. The van der Waals surface area contributed by atoms with E-state index >= 15 is 0 Å². The second kappa shape index (κ2) is 6.66. The summed E-state index contributed by atoms with van der Waals surface area (Å²) in [6.45, 7) is 7.01. The van der Waals surface area contributed by atoms with Crippen LogP contribution < -0.4 is 5.32 Å². The lowest BCUT2D eigenvalue weighted by atomic mass is 10.3. The van der Waals surface area contributed by atoms with Crippen molar-refractivity contribution in [2.24, 2.45) is 0 Å². The Labute approximate surface area is 108 Å². The van der Waals surface area contributed by atoms with Crippen LogP contribution in [-0.2, 0) is 19.5 Å². The summed E-state index contributed by atoms with van der Waals surface area (Å²) in [6.07, 6.45) is 0.971. The smallest absolute Gasteiger partial charge is 0.0767 e. The summed E-state index contributed by atoms with van der Waals surface area (Å²) in [7, 11) is 0. The molecule has 15 heavy (non-hydrogen) atoms. The number of aryl methyl sites for hydroxylation is 2. The van der Waals surface area contributed by atoms with Gasteiger partial charge in [-0.25, -0.2) is 0 Å². The molecule has 0 spiro atoms. The lowest BCUT2D eigenvalue weighted by Crippen LogP contribution is -2.18. The quantitative estimate of drug-likeness (QED) is 0.638. The highest BCUT2D eigenvalue weighted by molar-refractivity contribution is 9.10. The summed E-state index contributed by atoms with van der Waals surface area (Å²) in [5.74, 6) is 0. The molecule has 1 aromatic rings. The van der Waals surface area contributed by atoms with Gasteiger partial charge in [0.1, 0.15) is 0 Å².